The van der Waals surface area contributed by atoms with Crippen LogP contribution in [0, 0.1) is 0 Å². The predicted molar refractivity (Wildman–Crippen MR) is 240 cm³/mol. The van der Waals surface area contributed by atoms with Crippen molar-refractivity contribution in [2.24, 2.45) is 0 Å². The lowest BCUT2D eigenvalue weighted by Crippen LogP contribution is -2.55. The van der Waals surface area contributed by atoms with Gasteiger partial charge in [-0.05, 0) is 77.0 Å². The monoisotopic (exact) mass is 804 g/mol. The largest absolute Gasteiger partial charge is 0.544 e. The zero-order valence-electron chi connectivity index (χ0n) is 36.6. The van der Waals surface area contributed by atoms with Crippen molar-refractivity contribution in [3.63, 3.8) is 0 Å². The molecule has 0 fully saturated rings. The predicted octanol–water partition coefficient (Wildman–Crippen LogP) is 10.5. The van der Waals surface area contributed by atoms with Gasteiger partial charge in [0.25, 0.3) is 0 Å². The maximum absolute atomic E-state index is 12.7. The summed E-state index contributed by atoms with van der Waals surface area (Å²) in [6.45, 7) is 4.32. The van der Waals surface area contributed by atoms with Crippen molar-refractivity contribution in [3.8, 4) is 0 Å². The van der Waals surface area contributed by atoms with E-state index in [9.17, 15) is 19.5 Å². The van der Waals surface area contributed by atoms with Gasteiger partial charge in [-0.15, -0.1) is 0 Å². The molecule has 0 heterocycles. The molecule has 0 saturated carbocycles. The smallest absolute Gasteiger partial charge is 0.306 e. The van der Waals surface area contributed by atoms with E-state index >= 15 is 0 Å². The number of allylic oxidation sites excluding steroid dienone is 20. The van der Waals surface area contributed by atoms with Gasteiger partial charge in [0.15, 0.2) is 6.10 Å². The van der Waals surface area contributed by atoms with Crippen molar-refractivity contribution < 1.29 is 38.2 Å². The molecule has 0 amide bonds. The van der Waals surface area contributed by atoms with Gasteiger partial charge in [-0.25, -0.2) is 0 Å². The Labute approximate surface area is 352 Å². The Morgan fingerprint density at radius 3 is 1.55 bits per heavy atom. The first-order valence-electron chi connectivity index (χ1n) is 21.6. The SMILES string of the molecule is CC/C=C/C=C/C=C/C=C/C=C/CCCC(=O)OCC(COCCC(C(=O)[O-])[N+](C)(C)C)OC(=O)CCCC/C=C/C/C=C/C/C=C/C/C=C/C/C=C/CCCCC. The number of rotatable bonds is 36. The number of carboxylic acid groups (broad SMARTS) is 1. The van der Waals surface area contributed by atoms with Crippen LogP contribution in [-0.2, 0) is 28.6 Å². The quantitative estimate of drug-likeness (QED) is 0.0204. The number of aliphatic carboxylic acids is 1. The molecule has 0 aromatic carbocycles. The topological polar surface area (TPSA) is 102 Å². The van der Waals surface area contributed by atoms with Crippen molar-refractivity contribution >= 4 is 17.9 Å². The molecule has 0 rings (SSSR count). The zero-order chi connectivity index (χ0) is 42.8. The number of quaternary nitrogens is 1. The molecule has 0 aliphatic heterocycles. The summed E-state index contributed by atoms with van der Waals surface area (Å²) in [5, 5.41) is 11.6. The normalized spacial score (nSPS) is 14.2. The van der Waals surface area contributed by atoms with Gasteiger partial charge in [0, 0.05) is 19.3 Å². The van der Waals surface area contributed by atoms with E-state index in [1.165, 1.54) is 25.7 Å². The van der Waals surface area contributed by atoms with Crippen LogP contribution in [0.2, 0.25) is 0 Å². The molecule has 0 aliphatic rings. The number of ether oxygens (including phenoxy) is 3. The number of likely N-dealkylation sites (N-methyl/N-ethyl adjacent to an activating group) is 1. The number of carbonyl (C=O) groups excluding carboxylic acids is 3. The van der Waals surface area contributed by atoms with Crippen LogP contribution in [0.3, 0.4) is 0 Å². The Hall–Kier alpha value is -4.27. The molecule has 8 heteroatoms. The van der Waals surface area contributed by atoms with Crippen molar-refractivity contribution in [1.82, 2.24) is 0 Å². The van der Waals surface area contributed by atoms with Crippen molar-refractivity contribution in [1.29, 1.82) is 0 Å². The lowest BCUT2D eigenvalue weighted by Gasteiger charge is -2.34. The highest BCUT2D eigenvalue weighted by Gasteiger charge is 2.25. The van der Waals surface area contributed by atoms with Crippen LogP contribution >= 0.6 is 0 Å². The Balaban J connectivity index is 4.56. The number of esters is 2. The van der Waals surface area contributed by atoms with Gasteiger partial charge in [-0.3, -0.25) is 9.59 Å². The number of hydrogen-bond acceptors (Lipinski definition) is 7. The maximum Gasteiger partial charge on any atom is 0.306 e. The fourth-order valence-corrected chi connectivity index (χ4v) is 5.35. The molecule has 58 heavy (non-hydrogen) atoms. The first-order chi connectivity index (χ1) is 28.1. The zero-order valence-corrected chi connectivity index (χ0v) is 36.6. The molecule has 2 unspecified atom stereocenters. The number of unbranched alkanes of at least 4 members (excludes halogenated alkanes) is 6. The van der Waals surface area contributed by atoms with Gasteiger partial charge in [-0.1, -0.05) is 148 Å². The summed E-state index contributed by atoms with van der Waals surface area (Å²) in [5.74, 6) is -1.91. The van der Waals surface area contributed by atoms with Gasteiger partial charge >= 0.3 is 11.9 Å². The highest BCUT2D eigenvalue weighted by Crippen LogP contribution is 2.10. The molecule has 0 bridgehead atoms. The Morgan fingerprint density at radius 1 is 0.552 bits per heavy atom. The van der Waals surface area contributed by atoms with E-state index < -0.39 is 18.1 Å². The summed E-state index contributed by atoms with van der Waals surface area (Å²) in [4.78, 5) is 36.8. The summed E-state index contributed by atoms with van der Waals surface area (Å²) in [7, 11) is 5.35. The van der Waals surface area contributed by atoms with E-state index in [0.29, 0.717) is 12.8 Å². The molecule has 0 N–H and O–H groups in total. The molecule has 8 nitrogen and oxygen atoms in total. The summed E-state index contributed by atoms with van der Waals surface area (Å²) in [5.41, 5.74) is 0. The molecule has 2 atom stereocenters. The molecular weight excluding hydrogens is 727 g/mol. The second-order valence-corrected chi connectivity index (χ2v) is 15.0. The van der Waals surface area contributed by atoms with Crippen LogP contribution in [0.1, 0.15) is 123 Å². The number of carboxylic acids is 1. The first-order valence-corrected chi connectivity index (χ1v) is 21.6. The summed E-state index contributed by atoms with van der Waals surface area (Å²) >= 11 is 0. The van der Waals surface area contributed by atoms with Crippen LogP contribution in [0.5, 0.6) is 0 Å². The summed E-state index contributed by atoms with van der Waals surface area (Å²) in [6.07, 6.45) is 55.3. The third kappa shape index (κ3) is 37.3. The van der Waals surface area contributed by atoms with Crippen molar-refractivity contribution in [2.45, 2.75) is 135 Å². The van der Waals surface area contributed by atoms with Crippen LogP contribution in [0.15, 0.2) is 122 Å². The number of carbonyl (C=O) groups is 3. The van der Waals surface area contributed by atoms with E-state index in [0.717, 1.165) is 51.4 Å². The molecule has 0 aliphatic carbocycles. The minimum Gasteiger partial charge on any atom is -0.544 e. The lowest BCUT2D eigenvalue weighted by molar-refractivity contribution is -0.889. The van der Waals surface area contributed by atoms with Gasteiger partial charge in [-0.2, -0.15) is 0 Å². The van der Waals surface area contributed by atoms with Gasteiger partial charge in [0.2, 0.25) is 0 Å². The van der Waals surface area contributed by atoms with Crippen LogP contribution in [-0.4, -0.2) is 75.5 Å². The molecule has 0 radical (unpaired) electrons. The molecule has 0 spiro atoms. The van der Waals surface area contributed by atoms with Gasteiger partial charge in [0.1, 0.15) is 12.6 Å². The highest BCUT2D eigenvalue weighted by molar-refractivity contribution is 5.70. The van der Waals surface area contributed by atoms with E-state index in [1.54, 1.807) is 21.1 Å². The van der Waals surface area contributed by atoms with E-state index in [1.807, 2.05) is 54.7 Å². The number of hydrogen-bond donors (Lipinski definition) is 0. The second kappa shape index (κ2) is 39.6. The Morgan fingerprint density at radius 2 is 1.03 bits per heavy atom. The van der Waals surface area contributed by atoms with Crippen LogP contribution in [0.4, 0.5) is 0 Å². The Kier molecular flexibility index (Phi) is 36.6. The van der Waals surface area contributed by atoms with Crippen molar-refractivity contribution in [2.75, 3.05) is 41.0 Å². The van der Waals surface area contributed by atoms with E-state index in [2.05, 4.69) is 80.7 Å². The van der Waals surface area contributed by atoms with E-state index in [4.69, 9.17) is 14.2 Å². The van der Waals surface area contributed by atoms with Gasteiger partial charge in [0.05, 0.1) is 40.3 Å². The third-order valence-electron chi connectivity index (χ3n) is 8.71. The lowest BCUT2D eigenvalue weighted by atomic mass is 10.1. The third-order valence-corrected chi connectivity index (χ3v) is 8.71. The number of nitrogens with zero attached hydrogens (tertiary/aromatic N) is 1. The molecule has 324 valence electrons. The molecule has 0 aromatic rings. The minimum atomic E-state index is -1.15. The standard InChI is InChI=1S/C50H77NO7/c1-6-8-10-12-14-16-18-20-21-22-23-24-25-26-27-29-31-33-35-37-39-41-49(53)58-46(44-56-43-42-47(50(54)55)51(3,4)5)45-57-48(52)40-38-36-34-32-30-28-19-17-15-13-11-9-7-2/h9,11,13-17,19-21,23-24,26-28,30-34,46-47H,6-8,10,12,18,22,25,29,35-45H2,1-5H3/b11-9+,15-13+,16-14+,19-17+,21-20+,24-23+,27-26+,30-28+,33-31+,34-32+. The fraction of sp³-hybridized carbons (Fsp3) is 0.540. The van der Waals surface area contributed by atoms with Crippen LogP contribution in [0.25, 0.3) is 0 Å². The molecular formula is C50H77NO7. The minimum absolute atomic E-state index is 0.00903. The summed E-state index contributed by atoms with van der Waals surface area (Å²) in [6, 6.07) is -0.752. The second-order valence-electron chi connectivity index (χ2n) is 15.0. The summed E-state index contributed by atoms with van der Waals surface area (Å²) < 4.78 is 17.0. The fourth-order valence-electron chi connectivity index (χ4n) is 5.35. The average molecular weight is 804 g/mol. The van der Waals surface area contributed by atoms with Gasteiger partial charge < -0.3 is 28.6 Å². The highest BCUT2D eigenvalue weighted by atomic mass is 16.6. The maximum atomic E-state index is 12.7. The first kappa shape index (κ1) is 53.7. The Bertz CT molecular complexity index is 1350. The van der Waals surface area contributed by atoms with Crippen LogP contribution < -0.4 is 5.11 Å². The molecule has 0 aromatic heterocycles. The molecule has 0 saturated heterocycles. The van der Waals surface area contributed by atoms with Crippen molar-refractivity contribution in [3.05, 3.63) is 122 Å². The van der Waals surface area contributed by atoms with E-state index in [-0.39, 0.29) is 55.5 Å². The average Bonchev–Trinajstić information content (AvgIpc) is 3.18.